The molecule has 0 aliphatic heterocycles. The van der Waals surface area contributed by atoms with E-state index in [1.165, 1.54) is 0 Å². The normalized spacial score (nSPS) is 13.9. The zero-order valence-electron chi connectivity index (χ0n) is 18.9. The Hall–Kier alpha value is -3.60. The van der Waals surface area contributed by atoms with Crippen molar-refractivity contribution >= 4 is 54.1 Å². The molecule has 5 amide bonds. The summed E-state index contributed by atoms with van der Waals surface area (Å²) in [5.74, 6) is -6.03. The van der Waals surface area contributed by atoms with Gasteiger partial charge in [0.25, 0.3) is 0 Å². The molecule has 0 aliphatic rings. The summed E-state index contributed by atoms with van der Waals surface area (Å²) < 4.78 is 0. The van der Waals surface area contributed by atoms with Crippen LogP contribution in [0.25, 0.3) is 0 Å². The monoisotopic (exact) mass is 519 g/mol. The molecule has 0 aromatic rings. The van der Waals surface area contributed by atoms with Crippen LogP contribution in [0.4, 0.5) is 0 Å². The van der Waals surface area contributed by atoms with Crippen LogP contribution in [0.2, 0.25) is 0 Å². The first-order chi connectivity index (χ1) is 16.3. The van der Waals surface area contributed by atoms with E-state index in [0.717, 1.165) is 0 Å². The number of hydrogen-bond donors (Lipinski definition) is 10. The number of hydrogen-bond acceptors (Lipinski definition) is 9. The van der Waals surface area contributed by atoms with E-state index in [0.29, 0.717) is 0 Å². The minimum atomic E-state index is -1.58. The second-order valence-electron chi connectivity index (χ2n) is 7.44. The zero-order chi connectivity index (χ0) is 27.1. The quantitative estimate of drug-likeness (QED) is 0.0377. The summed E-state index contributed by atoms with van der Waals surface area (Å²) in [6.45, 7) is 0.131. The molecule has 35 heavy (non-hydrogen) atoms. The molecule has 0 radical (unpaired) electrons. The largest absolute Gasteiger partial charge is 0.480 e. The van der Waals surface area contributed by atoms with Gasteiger partial charge in [0, 0.05) is 18.7 Å². The molecule has 0 rings (SSSR count). The summed E-state index contributed by atoms with van der Waals surface area (Å²) in [7, 11) is 0. The van der Waals surface area contributed by atoms with E-state index in [1.807, 2.05) is 0 Å². The van der Waals surface area contributed by atoms with Crippen molar-refractivity contribution in [1.82, 2.24) is 16.0 Å². The highest BCUT2D eigenvalue weighted by Crippen LogP contribution is 2.04. The van der Waals surface area contributed by atoms with Gasteiger partial charge >= 0.3 is 5.97 Å². The lowest BCUT2D eigenvalue weighted by Crippen LogP contribution is -2.58. The van der Waals surface area contributed by atoms with E-state index in [9.17, 15) is 33.9 Å². The molecule has 17 heteroatoms. The molecule has 0 spiro atoms. The van der Waals surface area contributed by atoms with Gasteiger partial charge in [-0.05, 0) is 19.3 Å². The smallest absolute Gasteiger partial charge is 0.326 e. The number of carboxylic acid groups (broad SMARTS) is 1. The fourth-order valence-electron chi connectivity index (χ4n) is 2.63. The first-order valence-corrected chi connectivity index (χ1v) is 11.0. The van der Waals surface area contributed by atoms with Crippen LogP contribution in [0.3, 0.4) is 0 Å². The van der Waals surface area contributed by atoms with Gasteiger partial charge in [-0.1, -0.05) is 0 Å². The van der Waals surface area contributed by atoms with Crippen LogP contribution >= 0.6 is 12.6 Å². The minimum absolute atomic E-state index is 0.0112. The highest BCUT2D eigenvalue weighted by atomic mass is 32.1. The average Bonchev–Trinajstić information content (AvgIpc) is 2.76. The van der Waals surface area contributed by atoms with E-state index < -0.39 is 66.1 Å². The topological polar surface area (TPSA) is 301 Å². The number of nitrogens with two attached hydrogens (primary N) is 5. The molecule has 4 unspecified atom stereocenters. The lowest BCUT2D eigenvalue weighted by atomic mass is 10.1. The van der Waals surface area contributed by atoms with Crippen molar-refractivity contribution in [3.05, 3.63) is 0 Å². The average molecular weight is 520 g/mol. The van der Waals surface area contributed by atoms with Crippen molar-refractivity contribution in [1.29, 1.82) is 0 Å². The Morgan fingerprint density at radius 2 is 1.34 bits per heavy atom. The molecular formula is C18H33N9O7S. The van der Waals surface area contributed by atoms with Crippen molar-refractivity contribution < 1.29 is 33.9 Å². The molecule has 16 nitrogen and oxygen atoms in total. The van der Waals surface area contributed by atoms with Gasteiger partial charge in [0.05, 0.1) is 12.5 Å². The van der Waals surface area contributed by atoms with Crippen molar-refractivity contribution in [3.63, 3.8) is 0 Å². The number of primary amides is 2. The Bertz CT molecular complexity index is 820. The number of nitrogens with one attached hydrogen (secondary N) is 3. The molecule has 0 bridgehead atoms. The lowest BCUT2D eigenvalue weighted by Gasteiger charge is -2.24. The maximum Gasteiger partial charge on any atom is 0.326 e. The highest BCUT2D eigenvalue weighted by Gasteiger charge is 2.31. The lowest BCUT2D eigenvalue weighted by molar-refractivity contribution is -0.142. The Morgan fingerprint density at radius 1 is 0.800 bits per heavy atom. The van der Waals surface area contributed by atoms with Crippen molar-refractivity contribution in [2.75, 3.05) is 12.3 Å². The summed E-state index contributed by atoms with van der Waals surface area (Å²) in [6.07, 6.45) is -1.06. The number of aliphatic imine (C=N–C) groups is 1. The van der Waals surface area contributed by atoms with Gasteiger partial charge in [-0.25, -0.2) is 4.79 Å². The second-order valence-corrected chi connectivity index (χ2v) is 7.80. The zero-order valence-corrected chi connectivity index (χ0v) is 19.8. The predicted molar refractivity (Wildman–Crippen MR) is 127 cm³/mol. The van der Waals surface area contributed by atoms with E-state index in [4.69, 9.17) is 28.7 Å². The van der Waals surface area contributed by atoms with Crippen LogP contribution in [0.5, 0.6) is 0 Å². The molecular weight excluding hydrogens is 486 g/mol. The van der Waals surface area contributed by atoms with Crippen LogP contribution in [0.1, 0.15) is 32.1 Å². The molecule has 198 valence electrons. The number of aliphatic carboxylic acids is 1. The highest BCUT2D eigenvalue weighted by molar-refractivity contribution is 7.80. The van der Waals surface area contributed by atoms with E-state index in [1.54, 1.807) is 0 Å². The number of carboxylic acids is 1. The Kier molecular flexibility index (Phi) is 14.4. The molecule has 0 aromatic heterocycles. The van der Waals surface area contributed by atoms with Gasteiger partial charge < -0.3 is 49.7 Å². The summed E-state index contributed by atoms with van der Waals surface area (Å²) in [6, 6.07) is -5.34. The molecule has 14 N–H and O–H groups in total. The van der Waals surface area contributed by atoms with Gasteiger partial charge in [0.2, 0.25) is 29.5 Å². The summed E-state index contributed by atoms with van der Waals surface area (Å²) in [4.78, 5) is 75.3. The first-order valence-electron chi connectivity index (χ1n) is 10.4. The fourth-order valence-corrected chi connectivity index (χ4v) is 2.80. The molecule has 0 fully saturated rings. The Morgan fingerprint density at radius 3 is 1.83 bits per heavy atom. The second kappa shape index (κ2) is 16.1. The van der Waals surface area contributed by atoms with Gasteiger partial charge in [0.1, 0.15) is 18.1 Å². The van der Waals surface area contributed by atoms with Gasteiger partial charge in [-0.15, -0.1) is 0 Å². The van der Waals surface area contributed by atoms with Crippen LogP contribution in [-0.4, -0.2) is 83.0 Å². The van der Waals surface area contributed by atoms with Crippen molar-refractivity contribution in [3.8, 4) is 0 Å². The van der Waals surface area contributed by atoms with Crippen molar-refractivity contribution in [2.45, 2.75) is 56.3 Å². The van der Waals surface area contributed by atoms with Crippen molar-refractivity contribution in [2.24, 2.45) is 33.7 Å². The first kappa shape index (κ1) is 31.4. The third-order valence-electron chi connectivity index (χ3n) is 4.44. The predicted octanol–water partition coefficient (Wildman–Crippen LogP) is -5.02. The SMILES string of the molecule is NC(=O)CCC(NC(=O)C(CC(N)=O)NC(=O)C(CCCN=C(N)N)NC(=O)C(N)CS)C(=O)O. The Labute approximate surface area is 206 Å². The summed E-state index contributed by atoms with van der Waals surface area (Å²) in [5, 5.41) is 16.1. The molecule has 0 heterocycles. The maximum absolute atomic E-state index is 12.9. The number of amides is 5. The van der Waals surface area contributed by atoms with Crippen LogP contribution in [0.15, 0.2) is 4.99 Å². The third-order valence-corrected chi connectivity index (χ3v) is 4.84. The molecule has 0 saturated heterocycles. The number of rotatable bonds is 17. The summed E-state index contributed by atoms with van der Waals surface area (Å²) in [5.41, 5.74) is 26.3. The molecule has 0 aromatic carbocycles. The van der Waals surface area contributed by atoms with Crippen LogP contribution in [-0.2, 0) is 28.8 Å². The summed E-state index contributed by atoms with van der Waals surface area (Å²) >= 11 is 3.92. The molecule has 4 atom stereocenters. The van der Waals surface area contributed by atoms with Gasteiger partial charge in [-0.3, -0.25) is 29.0 Å². The standard InChI is InChI=1S/C18H33N9O7S/c19-8(7-35)14(30)25-9(2-1-5-24-18(22)23)15(31)27-11(6-13(21)29)16(32)26-10(17(33)34)3-4-12(20)28/h8-11,35H,1-7,19H2,(H2,20,28)(H2,21,29)(H,25,30)(H,26,32)(H,27,31)(H,33,34)(H4,22,23,24). The fraction of sp³-hybridized carbons (Fsp3) is 0.611. The number of nitrogens with zero attached hydrogens (tertiary/aromatic N) is 1. The maximum atomic E-state index is 12.9. The van der Waals surface area contributed by atoms with E-state index in [2.05, 4.69) is 33.6 Å². The van der Waals surface area contributed by atoms with E-state index >= 15 is 0 Å². The molecule has 0 aliphatic carbocycles. The Balaban J connectivity index is 5.56. The van der Waals surface area contributed by atoms with Crippen LogP contribution in [0, 0.1) is 0 Å². The number of carbonyl (C=O) groups is 6. The number of carbonyl (C=O) groups excluding carboxylic acids is 5. The molecule has 0 saturated carbocycles. The van der Waals surface area contributed by atoms with Crippen LogP contribution < -0.4 is 44.6 Å². The minimum Gasteiger partial charge on any atom is -0.480 e. The number of thiol groups is 1. The van der Waals surface area contributed by atoms with Gasteiger partial charge in [0.15, 0.2) is 5.96 Å². The third kappa shape index (κ3) is 13.6. The number of guanidine groups is 1. The van der Waals surface area contributed by atoms with E-state index in [-0.39, 0.29) is 43.9 Å². The van der Waals surface area contributed by atoms with Gasteiger partial charge in [-0.2, -0.15) is 12.6 Å².